The minimum atomic E-state index is -0.257. The van der Waals surface area contributed by atoms with Crippen molar-refractivity contribution in [2.24, 2.45) is 5.92 Å². The molecule has 3 heterocycles. The number of carbonyl (C=O) groups is 2. The highest BCUT2D eigenvalue weighted by atomic mass is 35.5. The number of methoxy groups -OCH3 is 2. The van der Waals surface area contributed by atoms with Crippen LogP contribution in [0.3, 0.4) is 0 Å². The highest BCUT2D eigenvalue weighted by Gasteiger charge is 2.33. The zero-order chi connectivity index (χ0) is 24.9. The van der Waals surface area contributed by atoms with E-state index < -0.39 is 0 Å². The third kappa shape index (κ3) is 6.63. The monoisotopic (exact) mass is 556 g/mol. The summed E-state index contributed by atoms with van der Waals surface area (Å²) in [6, 6.07) is 6.80. The number of nitrogens with two attached hydrogens (primary N) is 1. The van der Waals surface area contributed by atoms with Crippen LogP contribution < -0.4 is 15.8 Å². The zero-order valence-corrected chi connectivity index (χ0v) is 23.0. The molecule has 36 heavy (non-hydrogen) atoms. The molecule has 0 spiro atoms. The smallest absolute Gasteiger partial charge is 0.263 e. The van der Waals surface area contributed by atoms with Crippen LogP contribution in [0.4, 0.5) is 5.69 Å². The second kappa shape index (κ2) is 13.0. The number of thiophene rings is 1. The summed E-state index contributed by atoms with van der Waals surface area (Å²) in [7, 11) is 3.18. The fraction of sp³-hybridized carbons (Fsp3) is 0.520. The molecule has 2 fully saturated rings. The van der Waals surface area contributed by atoms with Crippen LogP contribution in [0, 0.1) is 5.92 Å². The number of anilines is 1. The second-order valence-electron chi connectivity index (χ2n) is 9.19. The van der Waals surface area contributed by atoms with Gasteiger partial charge in [-0.1, -0.05) is 17.7 Å². The van der Waals surface area contributed by atoms with Crippen LogP contribution in [-0.4, -0.2) is 80.7 Å². The first-order valence-electron chi connectivity index (χ1n) is 11.9. The summed E-state index contributed by atoms with van der Waals surface area (Å²) in [6.45, 7) is 4.19. The number of amides is 2. The predicted molar refractivity (Wildman–Crippen MR) is 146 cm³/mol. The fourth-order valence-electron chi connectivity index (χ4n) is 4.95. The molecule has 2 aromatic rings. The van der Waals surface area contributed by atoms with E-state index in [1.165, 1.54) is 24.5 Å². The number of likely N-dealkylation sites (tertiary alicyclic amines) is 2. The maximum Gasteiger partial charge on any atom is 0.263 e. The Hall–Kier alpha value is -2.04. The highest BCUT2D eigenvalue weighted by molar-refractivity contribution is 7.12. The van der Waals surface area contributed by atoms with Gasteiger partial charge >= 0.3 is 0 Å². The molecule has 0 radical (unpaired) electrons. The first kappa shape index (κ1) is 28.5. The van der Waals surface area contributed by atoms with Gasteiger partial charge in [-0.2, -0.15) is 0 Å². The Bertz CT molecular complexity index is 1030. The van der Waals surface area contributed by atoms with E-state index in [0.29, 0.717) is 27.9 Å². The summed E-state index contributed by atoms with van der Waals surface area (Å²) in [5.41, 5.74) is 6.56. The Kier molecular flexibility index (Phi) is 10.3. The number of benzene rings is 1. The van der Waals surface area contributed by atoms with Gasteiger partial charge in [0.15, 0.2) is 0 Å². The van der Waals surface area contributed by atoms with Crippen molar-refractivity contribution in [1.82, 2.24) is 15.1 Å². The molecule has 2 saturated heterocycles. The molecule has 2 aliphatic rings. The first-order valence-corrected chi connectivity index (χ1v) is 13.2. The molecule has 0 aliphatic carbocycles. The molecule has 1 aromatic carbocycles. The predicted octanol–water partition coefficient (Wildman–Crippen LogP) is 3.79. The minimum absolute atomic E-state index is 0. The highest BCUT2D eigenvalue weighted by Crippen LogP contribution is 2.29. The maximum atomic E-state index is 13.0. The van der Waals surface area contributed by atoms with Gasteiger partial charge < -0.3 is 30.3 Å². The largest absolute Gasteiger partial charge is 0.496 e. The number of nitrogen functional groups attached to an aromatic ring is 1. The number of halogens is 2. The topological polar surface area (TPSA) is 97.1 Å². The van der Waals surface area contributed by atoms with Crippen molar-refractivity contribution >= 4 is 52.8 Å². The van der Waals surface area contributed by atoms with Gasteiger partial charge in [-0.15, -0.1) is 23.7 Å². The Labute approximate surface area is 227 Å². The fourth-order valence-corrected chi connectivity index (χ4v) is 5.81. The third-order valence-corrected chi connectivity index (χ3v) is 8.16. The van der Waals surface area contributed by atoms with E-state index in [-0.39, 0.29) is 36.4 Å². The van der Waals surface area contributed by atoms with Crippen molar-refractivity contribution < 1.29 is 19.1 Å². The number of nitrogens with one attached hydrogen (secondary N) is 1. The van der Waals surface area contributed by atoms with Gasteiger partial charge in [-0.05, 0) is 42.7 Å². The van der Waals surface area contributed by atoms with Crippen molar-refractivity contribution in [3.63, 3.8) is 0 Å². The standard InChI is InChI=1S/C25H33ClN4O4S.ClH/c1-33-21-13-19(27)18(26)12-17(21)24(31)28-20-7-8-29(15-22(20)34-2)14-16-5-9-30(10-6-16)25(32)23-4-3-11-35-23;/h3-4,11-13,16,20,22H,5-10,14-15,27H2,1-2H3,(H,28,31);1H/t20-,22+;/m0./s1. The average Bonchev–Trinajstić information content (AvgIpc) is 3.41. The summed E-state index contributed by atoms with van der Waals surface area (Å²) < 4.78 is 11.1. The van der Waals surface area contributed by atoms with E-state index in [1.807, 2.05) is 22.4 Å². The van der Waals surface area contributed by atoms with E-state index in [4.69, 9.17) is 26.8 Å². The number of piperidine rings is 2. The number of rotatable bonds is 7. The van der Waals surface area contributed by atoms with E-state index in [9.17, 15) is 9.59 Å². The third-order valence-electron chi connectivity index (χ3n) is 6.98. The van der Waals surface area contributed by atoms with E-state index in [1.54, 1.807) is 13.2 Å². The van der Waals surface area contributed by atoms with Crippen LogP contribution in [0.1, 0.15) is 39.3 Å². The summed E-state index contributed by atoms with van der Waals surface area (Å²) in [4.78, 5) is 30.8. The lowest BCUT2D eigenvalue weighted by Crippen LogP contribution is -2.55. The van der Waals surface area contributed by atoms with Crippen LogP contribution in [-0.2, 0) is 4.74 Å². The summed E-state index contributed by atoms with van der Waals surface area (Å²) in [6.07, 6.45) is 2.67. The maximum absolute atomic E-state index is 13.0. The molecule has 2 amide bonds. The lowest BCUT2D eigenvalue weighted by atomic mass is 9.93. The van der Waals surface area contributed by atoms with Gasteiger partial charge in [-0.25, -0.2) is 0 Å². The van der Waals surface area contributed by atoms with Gasteiger partial charge in [0.05, 0.1) is 40.4 Å². The second-order valence-corrected chi connectivity index (χ2v) is 10.5. The van der Waals surface area contributed by atoms with Crippen molar-refractivity contribution in [3.8, 4) is 5.75 Å². The molecule has 3 N–H and O–H groups in total. The quantitative estimate of drug-likeness (QED) is 0.503. The molecule has 0 saturated carbocycles. The van der Waals surface area contributed by atoms with E-state index >= 15 is 0 Å². The van der Waals surface area contributed by atoms with Crippen LogP contribution in [0.5, 0.6) is 5.75 Å². The summed E-state index contributed by atoms with van der Waals surface area (Å²) >= 11 is 7.64. The van der Waals surface area contributed by atoms with Crippen LogP contribution in [0.25, 0.3) is 0 Å². The van der Waals surface area contributed by atoms with Crippen molar-refractivity contribution in [2.75, 3.05) is 52.7 Å². The molecule has 1 aromatic heterocycles. The molecule has 198 valence electrons. The van der Waals surface area contributed by atoms with Crippen LogP contribution in [0.15, 0.2) is 29.6 Å². The van der Waals surface area contributed by atoms with Gasteiger partial charge in [0.2, 0.25) is 0 Å². The number of carbonyl (C=O) groups excluding carboxylic acids is 2. The van der Waals surface area contributed by atoms with Crippen molar-refractivity contribution in [2.45, 2.75) is 31.4 Å². The summed E-state index contributed by atoms with van der Waals surface area (Å²) in [5, 5.41) is 5.36. The average molecular weight is 558 g/mol. The zero-order valence-electron chi connectivity index (χ0n) is 20.6. The molecular weight excluding hydrogens is 523 g/mol. The number of hydrogen-bond donors (Lipinski definition) is 2. The Morgan fingerprint density at radius 3 is 2.58 bits per heavy atom. The molecule has 0 bridgehead atoms. The Morgan fingerprint density at radius 2 is 1.94 bits per heavy atom. The number of hydrogen-bond acceptors (Lipinski definition) is 7. The SMILES string of the molecule is COc1cc(N)c(Cl)cc1C(=O)N[C@H]1CCN(CC2CCN(C(=O)c3cccs3)CC2)C[C@H]1OC.Cl. The Morgan fingerprint density at radius 1 is 1.19 bits per heavy atom. The molecule has 0 unspecified atom stereocenters. The van der Waals surface area contributed by atoms with Gasteiger partial charge in [0, 0.05) is 45.9 Å². The van der Waals surface area contributed by atoms with Gasteiger partial charge in [-0.3, -0.25) is 9.59 Å². The first-order chi connectivity index (χ1) is 16.9. The van der Waals surface area contributed by atoms with Crippen molar-refractivity contribution in [3.05, 3.63) is 45.1 Å². The molecule has 11 heteroatoms. The van der Waals surface area contributed by atoms with Crippen LogP contribution >= 0.6 is 35.3 Å². The Balaban J connectivity index is 0.00000361. The minimum Gasteiger partial charge on any atom is -0.496 e. The number of nitrogens with zero attached hydrogens (tertiary/aromatic N) is 2. The van der Waals surface area contributed by atoms with Gasteiger partial charge in [0.25, 0.3) is 11.8 Å². The summed E-state index contributed by atoms with van der Waals surface area (Å²) in [5.74, 6) is 0.826. The normalized spacial score (nSPS) is 21.0. The molecule has 4 rings (SSSR count). The van der Waals surface area contributed by atoms with Crippen LogP contribution in [0.2, 0.25) is 5.02 Å². The lowest BCUT2D eigenvalue weighted by molar-refractivity contribution is -0.00109. The van der Waals surface area contributed by atoms with E-state index in [0.717, 1.165) is 56.9 Å². The van der Waals surface area contributed by atoms with Gasteiger partial charge in [0.1, 0.15) is 5.75 Å². The van der Waals surface area contributed by atoms with E-state index in [2.05, 4.69) is 10.2 Å². The number of ether oxygens (including phenoxy) is 2. The van der Waals surface area contributed by atoms with Crippen molar-refractivity contribution in [1.29, 1.82) is 0 Å². The molecule has 2 aliphatic heterocycles. The molecule has 2 atom stereocenters. The molecular formula is C25H34Cl2N4O4S. The lowest BCUT2D eigenvalue weighted by Gasteiger charge is -2.41. The molecule has 8 nitrogen and oxygen atoms in total.